The summed E-state index contributed by atoms with van der Waals surface area (Å²) in [6, 6.07) is 12.1. The van der Waals surface area contributed by atoms with Crippen molar-refractivity contribution in [1.29, 1.82) is 0 Å². The number of rotatable bonds is 9. The van der Waals surface area contributed by atoms with Crippen molar-refractivity contribution in [3.05, 3.63) is 70.2 Å². The number of nitrogens with one attached hydrogen (secondary N) is 1. The molecule has 10 heteroatoms. The number of ether oxygens (including phenoxy) is 4. The molecule has 2 aliphatic rings. The molecular weight excluding hydrogens is 535 g/mol. The molecule has 1 amide bonds. The Morgan fingerprint density at radius 2 is 1.79 bits per heavy atom. The summed E-state index contributed by atoms with van der Waals surface area (Å²) in [4.78, 5) is 13.7. The Balaban J connectivity index is 1.58. The topological polar surface area (TPSA) is 66.0 Å². The van der Waals surface area contributed by atoms with E-state index in [1.54, 1.807) is 26.0 Å². The first kappa shape index (κ1) is 29.8. The molecule has 0 aromatic heterocycles. The zero-order valence-electron chi connectivity index (χ0n) is 22.5. The van der Waals surface area contributed by atoms with E-state index in [1.165, 1.54) is 12.1 Å². The lowest BCUT2D eigenvalue weighted by Gasteiger charge is -2.43. The third-order valence-electron chi connectivity index (χ3n) is 6.88. The molecule has 2 aromatic rings. The minimum Gasteiger partial charge on any atom is -0.371 e. The normalized spacial score (nSPS) is 26.4. The lowest BCUT2D eigenvalue weighted by atomic mass is 9.78. The number of halogens is 4. The van der Waals surface area contributed by atoms with Gasteiger partial charge in [0.1, 0.15) is 6.10 Å². The fourth-order valence-corrected chi connectivity index (χ4v) is 5.22. The van der Waals surface area contributed by atoms with Crippen LogP contribution < -0.4 is 5.32 Å². The van der Waals surface area contributed by atoms with E-state index in [-0.39, 0.29) is 37.9 Å². The smallest absolute Gasteiger partial charge is 0.371 e. The van der Waals surface area contributed by atoms with Gasteiger partial charge in [0.15, 0.2) is 11.4 Å². The van der Waals surface area contributed by atoms with Crippen molar-refractivity contribution in [2.45, 2.75) is 89.6 Å². The Morgan fingerprint density at radius 3 is 2.44 bits per heavy atom. The molecule has 2 fully saturated rings. The average molecular weight is 570 g/mol. The standard InChI is InChI=1S/C29H35ClF3NO5/c1-18(2)15-34-26(35)28(37-17-20-6-5-7-22(30)12-20)13-23(25-24(14-28)38-27(3,4)39-25)36-16-19-8-10-21(11-9-19)29(31,32)33/h5-12,18,23-25H,13-17H2,1-4H3,(H,34,35)/t23?,24-,25+,28-/m1/s1. The van der Waals surface area contributed by atoms with Gasteiger partial charge in [0.05, 0.1) is 31.0 Å². The highest BCUT2D eigenvalue weighted by Gasteiger charge is 2.58. The first-order valence-corrected chi connectivity index (χ1v) is 13.4. The predicted octanol–water partition coefficient (Wildman–Crippen LogP) is 6.29. The molecule has 4 rings (SSSR count). The minimum atomic E-state index is -4.42. The second kappa shape index (κ2) is 11.7. The summed E-state index contributed by atoms with van der Waals surface area (Å²) in [5.41, 5.74) is -0.634. The number of hydrogen-bond acceptors (Lipinski definition) is 5. The molecule has 2 aromatic carbocycles. The van der Waals surface area contributed by atoms with Crippen LogP contribution in [0.5, 0.6) is 0 Å². The molecular formula is C29H35ClF3NO5. The molecule has 0 spiro atoms. The third kappa shape index (κ3) is 7.52. The van der Waals surface area contributed by atoms with E-state index in [9.17, 15) is 18.0 Å². The van der Waals surface area contributed by atoms with Gasteiger partial charge >= 0.3 is 6.18 Å². The van der Waals surface area contributed by atoms with E-state index in [0.29, 0.717) is 17.1 Å². The van der Waals surface area contributed by atoms with Crippen molar-refractivity contribution < 1.29 is 36.9 Å². The number of alkyl halides is 3. The molecule has 4 atom stereocenters. The highest BCUT2D eigenvalue weighted by molar-refractivity contribution is 6.30. The zero-order valence-corrected chi connectivity index (χ0v) is 23.3. The van der Waals surface area contributed by atoms with E-state index < -0.39 is 41.4 Å². The van der Waals surface area contributed by atoms with Crippen LogP contribution in [0, 0.1) is 5.92 Å². The minimum absolute atomic E-state index is 0.0355. The maximum absolute atomic E-state index is 13.7. The van der Waals surface area contributed by atoms with Crippen LogP contribution in [0.25, 0.3) is 0 Å². The van der Waals surface area contributed by atoms with Gasteiger partial charge in [-0.25, -0.2) is 0 Å². The summed E-state index contributed by atoms with van der Waals surface area (Å²) in [7, 11) is 0. The molecule has 1 aliphatic heterocycles. The molecule has 1 saturated heterocycles. The zero-order chi connectivity index (χ0) is 28.4. The van der Waals surface area contributed by atoms with Crippen LogP contribution >= 0.6 is 11.6 Å². The molecule has 0 bridgehead atoms. The Labute approximate surface area is 232 Å². The molecule has 39 heavy (non-hydrogen) atoms. The number of carbonyl (C=O) groups is 1. The van der Waals surface area contributed by atoms with E-state index in [0.717, 1.165) is 17.7 Å². The first-order valence-electron chi connectivity index (χ1n) is 13.1. The van der Waals surface area contributed by atoms with Gasteiger partial charge in [-0.2, -0.15) is 13.2 Å². The van der Waals surface area contributed by atoms with Crippen molar-refractivity contribution in [2.75, 3.05) is 6.54 Å². The molecule has 1 heterocycles. The van der Waals surface area contributed by atoms with E-state index in [1.807, 2.05) is 26.0 Å². The van der Waals surface area contributed by atoms with Crippen molar-refractivity contribution in [3.8, 4) is 0 Å². The second-order valence-electron chi connectivity index (χ2n) is 11.1. The number of fused-ring (bicyclic) bond motifs is 1. The largest absolute Gasteiger partial charge is 0.416 e. The van der Waals surface area contributed by atoms with Crippen molar-refractivity contribution in [3.63, 3.8) is 0 Å². The fraction of sp³-hybridized carbons (Fsp3) is 0.552. The van der Waals surface area contributed by atoms with Gasteiger partial charge in [0.2, 0.25) is 0 Å². The van der Waals surface area contributed by atoms with E-state index >= 15 is 0 Å². The fourth-order valence-electron chi connectivity index (χ4n) is 5.01. The number of amides is 1. The Hall–Kier alpha value is -2.17. The monoisotopic (exact) mass is 569 g/mol. The van der Waals surface area contributed by atoms with Crippen molar-refractivity contribution in [2.24, 2.45) is 5.92 Å². The first-order chi connectivity index (χ1) is 18.3. The Morgan fingerprint density at radius 1 is 1.08 bits per heavy atom. The van der Waals surface area contributed by atoms with Gasteiger partial charge in [-0.3, -0.25) is 4.79 Å². The highest BCUT2D eigenvalue weighted by atomic mass is 35.5. The van der Waals surface area contributed by atoms with Crippen LogP contribution in [0.15, 0.2) is 48.5 Å². The molecule has 6 nitrogen and oxygen atoms in total. The molecule has 214 valence electrons. The summed E-state index contributed by atoms with van der Waals surface area (Å²) < 4.78 is 64.0. The lowest BCUT2D eigenvalue weighted by molar-refractivity contribution is -0.183. The molecule has 1 aliphatic carbocycles. The summed E-state index contributed by atoms with van der Waals surface area (Å²) in [6.07, 6.45) is -5.56. The second-order valence-corrected chi connectivity index (χ2v) is 11.5. The van der Waals surface area contributed by atoms with Gasteiger partial charge in [-0.1, -0.05) is 49.7 Å². The van der Waals surface area contributed by atoms with Gasteiger partial charge in [0.25, 0.3) is 5.91 Å². The van der Waals surface area contributed by atoms with Crippen molar-refractivity contribution in [1.82, 2.24) is 5.32 Å². The maximum atomic E-state index is 13.7. The molecule has 1 N–H and O–H groups in total. The predicted molar refractivity (Wildman–Crippen MR) is 140 cm³/mol. The highest BCUT2D eigenvalue weighted by Crippen LogP contribution is 2.44. The molecule has 1 saturated carbocycles. The van der Waals surface area contributed by atoms with Crippen LogP contribution in [0.4, 0.5) is 13.2 Å². The van der Waals surface area contributed by atoms with Crippen LogP contribution in [-0.4, -0.2) is 42.2 Å². The molecule has 0 radical (unpaired) electrons. The third-order valence-corrected chi connectivity index (χ3v) is 7.12. The quantitative estimate of drug-likeness (QED) is 0.385. The number of hydrogen-bond donors (Lipinski definition) is 1. The van der Waals surface area contributed by atoms with Crippen molar-refractivity contribution >= 4 is 17.5 Å². The number of benzene rings is 2. The Bertz CT molecular complexity index is 1140. The summed E-state index contributed by atoms with van der Waals surface area (Å²) in [5.74, 6) is -0.942. The van der Waals surface area contributed by atoms with Gasteiger partial charge in [-0.05, 0) is 55.2 Å². The van der Waals surface area contributed by atoms with Crippen LogP contribution in [0.3, 0.4) is 0 Å². The summed E-state index contributed by atoms with van der Waals surface area (Å²) in [5, 5.41) is 3.57. The SMILES string of the molecule is CC(C)CNC(=O)[C@@]1(OCc2cccc(Cl)c2)CC(OCc2ccc(C(F)(F)F)cc2)[C@@H]2OC(C)(C)O[C@@H]2C1. The van der Waals surface area contributed by atoms with Crippen LogP contribution in [-0.2, 0) is 43.1 Å². The summed E-state index contributed by atoms with van der Waals surface area (Å²) in [6.45, 7) is 8.25. The van der Waals surface area contributed by atoms with E-state index in [2.05, 4.69) is 5.32 Å². The number of carbonyl (C=O) groups excluding carboxylic acids is 1. The van der Waals surface area contributed by atoms with Crippen LogP contribution in [0.1, 0.15) is 57.2 Å². The van der Waals surface area contributed by atoms with Crippen LogP contribution in [0.2, 0.25) is 5.02 Å². The Kier molecular flexibility index (Phi) is 8.98. The van der Waals surface area contributed by atoms with Gasteiger partial charge in [-0.15, -0.1) is 0 Å². The maximum Gasteiger partial charge on any atom is 0.416 e. The van der Waals surface area contributed by atoms with Gasteiger partial charge in [0, 0.05) is 24.4 Å². The lowest BCUT2D eigenvalue weighted by Crippen LogP contribution is -2.60. The average Bonchev–Trinajstić information content (AvgIpc) is 3.18. The summed E-state index contributed by atoms with van der Waals surface area (Å²) >= 11 is 6.16. The molecule has 1 unspecified atom stereocenters. The van der Waals surface area contributed by atoms with Gasteiger partial charge < -0.3 is 24.3 Å². The van der Waals surface area contributed by atoms with E-state index in [4.69, 9.17) is 30.5 Å².